The summed E-state index contributed by atoms with van der Waals surface area (Å²) in [4.78, 5) is 8.32. The maximum atomic E-state index is 5.92. The highest BCUT2D eigenvalue weighted by molar-refractivity contribution is 6.30. The van der Waals surface area contributed by atoms with Crippen LogP contribution in [0, 0.1) is 0 Å². The molecule has 1 aromatic carbocycles. The number of aromatic nitrogens is 3. The Balaban J connectivity index is 2.00. The minimum absolute atomic E-state index is 0.443. The van der Waals surface area contributed by atoms with Crippen molar-refractivity contribution in [3.8, 4) is 22.8 Å². The van der Waals surface area contributed by atoms with Crippen molar-refractivity contribution in [1.82, 2.24) is 15.1 Å². The lowest BCUT2D eigenvalue weighted by atomic mass is 10.2. The number of hydrogen-bond acceptors (Lipinski definition) is 4. The van der Waals surface area contributed by atoms with Gasteiger partial charge in [-0.2, -0.15) is 4.98 Å². The van der Waals surface area contributed by atoms with Crippen molar-refractivity contribution < 1.29 is 4.52 Å². The summed E-state index contributed by atoms with van der Waals surface area (Å²) in [6, 6.07) is 11.0. The molecular formula is C13H8ClN3O. The second-order valence-corrected chi connectivity index (χ2v) is 4.11. The molecule has 18 heavy (non-hydrogen) atoms. The molecule has 0 bridgehead atoms. The van der Waals surface area contributed by atoms with E-state index < -0.39 is 0 Å². The van der Waals surface area contributed by atoms with Gasteiger partial charge in [0, 0.05) is 23.0 Å². The molecular weight excluding hydrogens is 250 g/mol. The first-order chi connectivity index (χ1) is 8.83. The Morgan fingerprint density at radius 2 is 1.94 bits per heavy atom. The Morgan fingerprint density at radius 3 is 2.72 bits per heavy atom. The van der Waals surface area contributed by atoms with Crippen LogP contribution in [0.5, 0.6) is 0 Å². The number of hydrogen-bond donors (Lipinski definition) is 0. The van der Waals surface area contributed by atoms with E-state index in [1.54, 1.807) is 24.5 Å². The Bertz CT molecular complexity index is 667. The van der Waals surface area contributed by atoms with Crippen LogP contribution >= 0.6 is 11.6 Å². The second-order valence-electron chi connectivity index (χ2n) is 3.68. The van der Waals surface area contributed by atoms with E-state index in [1.165, 1.54) is 0 Å². The van der Waals surface area contributed by atoms with Crippen molar-refractivity contribution in [3.05, 3.63) is 53.8 Å². The van der Waals surface area contributed by atoms with Gasteiger partial charge in [-0.05, 0) is 24.3 Å². The number of pyridine rings is 1. The Labute approximate surface area is 108 Å². The molecule has 0 N–H and O–H groups in total. The van der Waals surface area contributed by atoms with Gasteiger partial charge in [-0.15, -0.1) is 0 Å². The predicted octanol–water partition coefficient (Wildman–Crippen LogP) is 3.45. The van der Waals surface area contributed by atoms with E-state index in [9.17, 15) is 0 Å². The molecule has 0 spiro atoms. The van der Waals surface area contributed by atoms with Gasteiger partial charge in [0.1, 0.15) is 0 Å². The fourth-order valence-corrected chi connectivity index (χ4v) is 1.77. The molecule has 3 rings (SSSR count). The van der Waals surface area contributed by atoms with Crippen LogP contribution in [0.25, 0.3) is 22.8 Å². The minimum Gasteiger partial charge on any atom is -0.334 e. The molecule has 2 heterocycles. The van der Waals surface area contributed by atoms with Crippen LogP contribution in [-0.4, -0.2) is 15.1 Å². The van der Waals surface area contributed by atoms with Crippen LogP contribution in [0.2, 0.25) is 5.02 Å². The minimum atomic E-state index is 0.443. The van der Waals surface area contributed by atoms with Gasteiger partial charge in [-0.1, -0.05) is 28.9 Å². The third-order valence-electron chi connectivity index (χ3n) is 2.42. The molecule has 0 unspecified atom stereocenters. The fourth-order valence-electron chi connectivity index (χ4n) is 1.57. The maximum absolute atomic E-state index is 5.92. The van der Waals surface area contributed by atoms with Gasteiger partial charge in [0.15, 0.2) is 0 Å². The monoisotopic (exact) mass is 257 g/mol. The first kappa shape index (κ1) is 10.9. The highest BCUT2D eigenvalue weighted by atomic mass is 35.5. The normalized spacial score (nSPS) is 10.5. The van der Waals surface area contributed by atoms with Crippen LogP contribution in [0.3, 0.4) is 0 Å². The Hall–Kier alpha value is -2.20. The fraction of sp³-hybridized carbons (Fsp3) is 0. The number of rotatable bonds is 2. The van der Waals surface area contributed by atoms with Gasteiger partial charge in [0.05, 0.1) is 5.56 Å². The molecule has 0 amide bonds. The first-order valence-corrected chi connectivity index (χ1v) is 5.71. The molecule has 0 aliphatic rings. The lowest BCUT2D eigenvalue weighted by Gasteiger charge is -1.94. The van der Waals surface area contributed by atoms with Crippen LogP contribution in [0.1, 0.15) is 0 Å². The van der Waals surface area contributed by atoms with Crippen LogP contribution in [0.15, 0.2) is 53.3 Å². The summed E-state index contributed by atoms with van der Waals surface area (Å²) in [6.45, 7) is 0. The number of nitrogens with zero attached hydrogens (tertiary/aromatic N) is 3. The maximum Gasteiger partial charge on any atom is 0.259 e. The molecule has 0 atom stereocenters. The van der Waals surface area contributed by atoms with Crippen molar-refractivity contribution in [3.63, 3.8) is 0 Å². The third kappa shape index (κ3) is 2.10. The number of benzene rings is 1. The summed E-state index contributed by atoms with van der Waals surface area (Å²) in [5.74, 6) is 0.953. The average Bonchev–Trinajstić information content (AvgIpc) is 2.89. The summed E-state index contributed by atoms with van der Waals surface area (Å²) >= 11 is 5.92. The molecule has 0 fully saturated rings. The standard InChI is InChI=1S/C13H8ClN3O/c14-11-5-1-3-9(7-11)12-16-13(18-17-12)10-4-2-6-15-8-10/h1-8H. The topological polar surface area (TPSA) is 51.8 Å². The molecule has 3 aromatic rings. The van der Waals surface area contributed by atoms with Crippen molar-refractivity contribution in [2.24, 2.45) is 0 Å². The van der Waals surface area contributed by atoms with E-state index >= 15 is 0 Å². The molecule has 88 valence electrons. The van der Waals surface area contributed by atoms with E-state index in [4.69, 9.17) is 16.1 Å². The van der Waals surface area contributed by atoms with E-state index in [2.05, 4.69) is 15.1 Å². The Kier molecular flexibility index (Phi) is 2.78. The van der Waals surface area contributed by atoms with E-state index in [-0.39, 0.29) is 0 Å². The van der Waals surface area contributed by atoms with Gasteiger partial charge >= 0.3 is 0 Å². The van der Waals surface area contributed by atoms with Crippen LogP contribution in [-0.2, 0) is 0 Å². The van der Waals surface area contributed by atoms with Gasteiger partial charge in [-0.3, -0.25) is 4.98 Å². The zero-order valence-electron chi connectivity index (χ0n) is 9.25. The SMILES string of the molecule is Clc1cccc(-c2noc(-c3cccnc3)n2)c1. The smallest absolute Gasteiger partial charge is 0.259 e. The largest absolute Gasteiger partial charge is 0.334 e. The van der Waals surface area contributed by atoms with Crippen LogP contribution < -0.4 is 0 Å². The van der Waals surface area contributed by atoms with Gasteiger partial charge in [0.25, 0.3) is 5.89 Å². The highest BCUT2D eigenvalue weighted by Crippen LogP contribution is 2.23. The lowest BCUT2D eigenvalue weighted by Crippen LogP contribution is -1.81. The van der Waals surface area contributed by atoms with Crippen molar-refractivity contribution in [2.75, 3.05) is 0 Å². The van der Waals surface area contributed by atoms with Crippen LogP contribution in [0.4, 0.5) is 0 Å². The van der Waals surface area contributed by atoms with E-state index in [0.717, 1.165) is 11.1 Å². The molecule has 0 aliphatic carbocycles. The summed E-state index contributed by atoms with van der Waals surface area (Å²) in [5.41, 5.74) is 1.61. The first-order valence-electron chi connectivity index (χ1n) is 5.33. The summed E-state index contributed by atoms with van der Waals surface area (Å²) in [5, 5.41) is 4.57. The summed E-state index contributed by atoms with van der Waals surface area (Å²) in [6.07, 6.45) is 3.37. The van der Waals surface area contributed by atoms with E-state index in [0.29, 0.717) is 16.7 Å². The molecule has 4 nitrogen and oxygen atoms in total. The predicted molar refractivity (Wildman–Crippen MR) is 68.0 cm³/mol. The van der Waals surface area contributed by atoms with Gasteiger partial charge in [0.2, 0.25) is 5.82 Å². The number of halogens is 1. The van der Waals surface area contributed by atoms with Crippen molar-refractivity contribution in [2.45, 2.75) is 0 Å². The average molecular weight is 258 g/mol. The highest BCUT2D eigenvalue weighted by Gasteiger charge is 2.10. The Morgan fingerprint density at radius 1 is 1.06 bits per heavy atom. The molecule has 2 aromatic heterocycles. The summed E-state index contributed by atoms with van der Waals surface area (Å²) < 4.78 is 5.20. The van der Waals surface area contributed by atoms with Gasteiger partial charge < -0.3 is 4.52 Å². The van der Waals surface area contributed by atoms with Gasteiger partial charge in [-0.25, -0.2) is 0 Å². The molecule has 0 saturated carbocycles. The third-order valence-corrected chi connectivity index (χ3v) is 2.65. The zero-order chi connectivity index (χ0) is 12.4. The molecule has 5 heteroatoms. The molecule has 0 aliphatic heterocycles. The quantitative estimate of drug-likeness (QED) is 0.706. The van der Waals surface area contributed by atoms with Crippen molar-refractivity contribution >= 4 is 11.6 Å². The summed E-state index contributed by atoms with van der Waals surface area (Å²) in [7, 11) is 0. The van der Waals surface area contributed by atoms with E-state index in [1.807, 2.05) is 24.3 Å². The second kappa shape index (κ2) is 4.58. The van der Waals surface area contributed by atoms with Crippen molar-refractivity contribution in [1.29, 1.82) is 0 Å². The lowest BCUT2D eigenvalue weighted by molar-refractivity contribution is 0.432. The molecule has 0 radical (unpaired) electrons. The zero-order valence-corrected chi connectivity index (χ0v) is 10.0. The molecule has 0 saturated heterocycles.